The van der Waals surface area contributed by atoms with E-state index < -0.39 is 0 Å². The molecule has 1 aromatic carbocycles. The van der Waals surface area contributed by atoms with Crippen LogP contribution in [0.15, 0.2) is 42.7 Å². The van der Waals surface area contributed by atoms with Crippen LogP contribution in [0.5, 0.6) is 5.75 Å². The molecule has 3 nitrogen and oxygen atoms in total. The molecule has 1 aliphatic heterocycles. The molecule has 1 atom stereocenters. The summed E-state index contributed by atoms with van der Waals surface area (Å²) >= 11 is 0. The van der Waals surface area contributed by atoms with Crippen molar-refractivity contribution in [3.8, 4) is 5.75 Å². The molecule has 0 N–H and O–H groups in total. The van der Waals surface area contributed by atoms with Crippen molar-refractivity contribution in [2.24, 2.45) is 5.92 Å². The molecule has 1 saturated carbocycles. The highest BCUT2D eigenvalue weighted by atomic mass is 16.5. The van der Waals surface area contributed by atoms with Crippen molar-refractivity contribution in [3.05, 3.63) is 53.9 Å². The van der Waals surface area contributed by atoms with Gasteiger partial charge < -0.3 is 9.30 Å². The van der Waals surface area contributed by atoms with E-state index in [-0.39, 0.29) is 0 Å². The third-order valence-corrected chi connectivity index (χ3v) is 4.50. The van der Waals surface area contributed by atoms with E-state index in [1.807, 2.05) is 30.6 Å². The number of fused-ring (bicyclic) bond motifs is 1. The second-order valence-corrected chi connectivity index (χ2v) is 6.11. The van der Waals surface area contributed by atoms with Gasteiger partial charge in [-0.15, -0.1) is 0 Å². The van der Waals surface area contributed by atoms with Crippen molar-refractivity contribution in [2.75, 3.05) is 6.61 Å². The quantitative estimate of drug-likeness (QED) is 0.801. The van der Waals surface area contributed by atoms with Gasteiger partial charge in [0.1, 0.15) is 5.75 Å². The summed E-state index contributed by atoms with van der Waals surface area (Å²) in [6.45, 7) is 1.69. The lowest BCUT2D eigenvalue weighted by atomic mass is 9.93. The number of ketones is 1. The summed E-state index contributed by atoms with van der Waals surface area (Å²) in [5, 5.41) is 0. The van der Waals surface area contributed by atoms with Crippen LogP contribution >= 0.6 is 0 Å². The van der Waals surface area contributed by atoms with E-state index in [4.69, 9.17) is 4.74 Å². The molecule has 1 aliphatic carbocycles. The molecule has 3 heteroatoms. The molecule has 2 aromatic rings. The van der Waals surface area contributed by atoms with E-state index >= 15 is 0 Å². The van der Waals surface area contributed by atoms with Crippen LogP contribution in [0.2, 0.25) is 0 Å². The predicted molar refractivity (Wildman–Crippen MR) is 80.8 cm³/mol. The largest absolute Gasteiger partial charge is 0.493 e. The Morgan fingerprint density at radius 3 is 2.90 bits per heavy atom. The minimum atomic E-state index is 0.296. The van der Waals surface area contributed by atoms with Gasteiger partial charge >= 0.3 is 0 Å². The number of carbonyl (C=O) groups is 1. The van der Waals surface area contributed by atoms with Gasteiger partial charge in [-0.05, 0) is 37.0 Å². The number of carbonyl (C=O) groups excluding carboxylic acids is 1. The molecular formula is C18H19NO2. The van der Waals surface area contributed by atoms with Crippen LogP contribution in [0.3, 0.4) is 0 Å². The third kappa shape index (κ3) is 2.48. The van der Waals surface area contributed by atoms with Crippen molar-refractivity contribution >= 4 is 5.78 Å². The number of aromatic nitrogens is 1. The van der Waals surface area contributed by atoms with Crippen LogP contribution in [0, 0.1) is 5.92 Å². The van der Waals surface area contributed by atoms with Crippen LogP contribution in [0.25, 0.3) is 0 Å². The van der Waals surface area contributed by atoms with Gasteiger partial charge in [0.2, 0.25) is 0 Å². The Labute approximate surface area is 124 Å². The second-order valence-electron chi connectivity index (χ2n) is 6.11. The maximum absolute atomic E-state index is 12.1. The molecule has 1 aromatic heterocycles. The molecule has 0 spiro atoms. The number of para-hydroxylation sites is 1. The molecule has 0 amide bonds. The standard InChI is InChI=1S/C18H19NO2/c20-18(13-5-6-13)15-7-9-19(12-15)11-14-8-10-21-17-4-2-1-3-16(14)17/h1-4,7,9,12-14H,5-6,8,10-11H2. The van der Waals surface area contributed by atoms with Crippen LogP contribution < -0.4 is 4.74 Å². The molecular weight excluding hydrogens is 262 g/mol. The smallest absolute Gasteiger partial charge is 0.167 e. The van der Waals surface area contributed by atoms with Gasteiger partial charge in [0.05, 0.1) is 6.61 Å². The zero-order chi connectivity index (χ0) is 14.2. The molecule has 1 unspecified atom stereocenters. The van der Waals surface area contributed by atoms with Gasteiger partial charge in [-0.25, -0.2) is 0 Å². The van der Waals surface area contributed by atoms with Crippen LogP contribution in [0.1, 0.15) is 41.1 Å². The minimum Gasteiger partial charge on any atom is -0.493 e. The molecule has 4 rings (SSSR count). The molecule has 1 fully saturated rings. The fraction of sp³-hybridized carbons (Fsp3) is 0.389. The van der Waals surface area contributed by atoms with Gasteiger partial charge in [-0.1, -0.05) is 18.2 Å². The second kappa shape index (κ2) is 5.06. The number of Topliss-reactive ketones (excluding diaryl/α,β-unsaturated/α-hetero) is 1. The van der Waals surface area contributed by atoms with Crippen LogP contribution in [0.4, 0.5) is 0 Å². The lowest BCUT2D eigenvalue weighted by molar-refractivity contribution is 0.0967. The molecule has 0 radical (unpaired) electrons. The van der Waals surface area contributed by atoms with Crippen molar-refractivity contribution in [1.82, 2.24) is 4.57 Å². The number of hydrogen-bond donors (Lipinski definition) is 0. The Morgan fingerprint density at radius 1 is 1.19 bits per heavy atom. The summed E-state index contributed by atoms with van der Waals surface area (Å²) in [4.78, 5) is 12.1. The zero-order valence-electron chi connectivity index (χ0n) is 12.0. The first-order valence-electron chi connectivity index (χ1n) is 7.73. The number of hydrogen-bond acceptors (Lipinski definition) is 2. The maximum atomic E-state index is 12.1. The van der Waals surface area contributed by atoms with E-state index in [0.717, 1.165) is 43.7 Å². The summed E-state index contributed by atoms with van der Waals surface area (Å²) in [6, 6.07) is 10.2. The van der Waals surface area contributed by atoms with E-state index in [1.54, 1.807) is 0 Å². The lowest BCUT2D eigenvalue weighted by Gasteiger charge is -2.26. The first-order valence-corrected chi connectivity index (χ1v) is 7.73. The highest BCUT2D eigenvalue weighted by Crippen LogP contribution is 2.35. The first kappa shape index (κ1) is 12.7. The summed E-state index contributed by atoms with van der Waals surface area (Å²) in [7, 11) is 0. The Morgan fingerprint density at radius 2 is 2.05 bits per heavy atom. The number of nitrogens with zero attached hydrogens (tertiary/aromatic N) is 1. The van der Waals surface area contributed by atoms with Crippen LogP contribution in [-0.4, -0.2) is 17.0 Å². The van der Waals surface area contributed by atoms with Gasteiger partial charge in [-0.2, -0.15) is 0 Å². The summed E-state index contributed by atoms with van der Waals surface area (Å²) in [6.07, 6.45) is 7.21. The first-order chi connectivity index (χ1) is 10.3. The third-order valence-electron chi connectivity index (χ3n) is 4.50. The van der Waals surface area contributed by atoms with Gasteiger partial charge in [0.25, 0.3) is 0 Å². The maximum Gasteiger partial charge on any atom is 0.167 e. The average molecular weight is 281 g/mol. The molecule has 2 heterocycles. The van der Waals surface area contributed by atoms with Crippen molar-refractivity contribution in [3.63, 3.8) is 0 Å². The van der Waals surface area contributed by atoms with Gasteiger partial charge in [-0.3, -0.25) is 4.79 Å². The summed E-state index contributed by atoms with van der Waals surface area (Å²) in [5.74, 6) is 2.09. The monoisotopic (exact) mass is 281 g/mol. The topological polar surface area (TPSA) is 31.2 Å². The highest BCUT2D eigenvalue weighted by Gasteiger charge is 2.31. The minimum absolute atomic E-state index is 0.296. The summed E-state index contributed by atoms with van der Waals surface area (Å²) in [5.41, 5.74) is 2.16. The number of ether oxygens (including phenoxy) is 1. The molecule has 108 valence electrons. The number of rotatable bonds is 4. The van der Waals surface area contributed by atoms with Crippen molar-refractivity contribution in [1.29, 1.82) is 0 Å². The van der Waals surface area contributed by atoms with E-state index in [9.17, 15) is 4.79 Å². The fourth-order valence-corrected chi connectivity index (χ4v) is 3.14. The SMILES string of the molecule is O=C(c1ccn(CC2CCOc3ccccc32)c1)C1CC1. The summed E-state index contributed by atoms with van der Waals surface area (Å²) < 4.78 is 7.87. The highest BCUT2D eigenvalue weighted by molar-refractivity contribution is 5.99. The fourth-order valence-electron chi connectivity index (χ4n) is 3.14. The van der Waals surface area contributed by atoms with E-state index in [0.29, 0.717) is 17.6 Å². The predicted octanol–water partition coefficient (Wildman–Crippen LogP) is 3.65. The number of benzene rings is 1. The average Bonchev–Trinajstić information content (AvgIpc) is 3.27. The molecule has 21 heavy (non-hydrogen) atoms. The van der Waals surface area contributed by atoms with E-state index in [1.165, 1.54) is 5.56 Å². The zero-order valence-corrected chi connectivity index (χ0v) is 12.0. The Kier molecular flexibility index (Phi) is 3.06. The normalized spacial score (nSPS) is 20.7. The van der Waals surface area contributed by atoms with Gasteiger partial charge in [0.15, 0.2) is 5.78 Å². The Hall–Kier alpha value is -2.03. The van der Waals surface area contributed by atoms with E-state index in [2.05, 4.69) is 16.7 Å². The van der Waals surface area contributed by atoms with Gasteiger partial charge in [0, 0.05) is 36.3 Å². The van der Waals surface area contributed by atoms with Crippen molar-refractivity contribution < 1.29 is 9.53 Å². The lowest BCUT2D eigenvalue weighted by Crippen LogP contribution is -2.18. The molecule has 0 saturated heterocycles. The van der Waals surface area contributed by atoms with Crippen LogP contribution in [-0.2, 0) is 6.54 Å². The molecule has 2 aliphatic rings. The van der Waals surface area contributed by atoms with Crippen molar-refractivity contribution in [2.45, 2.75) is 31.7 Å². The Bertz CT molecular complexity index is 669. The molecule has 0 bridgehead atoms. The Balaban J connectivity index is 1.53.